The van der Waals surface area contributed by atoms with E-state index in [0.717, 1.165) is 0 Å². The number of hydrogen-bond acceptors (Lipinski definition) is 4. The molecule has 1 heterocycles. The molecule has 0 aliphatic carbocycles. The second-order valence-electron chi connectivity index (χ2n) is 3.38. The first-order valence-corrected chi connectivity index (χ1v) is 5.69. The molecular weight excluding hydrogens is 301 g/mol. The van der Waals surface area contributed by atoms with Crippen LogP contribution in [0, 0.1) is 17.1 Å². The number of rotatable bonds is 2. The summed E-state index contributed by atoms with van der Waals surface area (Å²) >= 11 is 3.23. The molecule has 0 saturated heterocycles. The monoisotopic (exact) mass is 307 g/mol. The van der Waals surface area contributed by atoms with E-state index >= 15 is 0 Å². The lowest BCUT2D eigenvalue weighted by molar-refractivity contribution is 0.455. The standard InChI is InChI=1S/C12H7BrFN3O/c13-8-2-1-7(14)5-11(8)18-12-4-3-9(16)10(6-15)17-12/h1-5H,16H2. The van der Waals surface area contributed by atoms with Crippen molar-refractivity contribution in [2.24, 2.45) is 0 Å². The van der Waals surface area contributed by atoms with E-state index in [9.17, 15) is 4.39 Å². The van der Waals surface area contributed by atoms with E-state index in [1.807, 2.05) is 6.07 Å². The van der Waals surface area contributed by atoms with Crippen LogP contribution in [0.5, 0.6) is 11.6 Å². The highest BCUT2D eigenvalue weighted by Gasteiger charge is 2.07. The summed E-state index contributed by atoms with van der Waals surface area (Å²) in [6.45, 7) is 0. The van der Waals surface area contributed by atoms with Gasteiger partial charge in [0.2, 0.25) is 5.88 Å². The molecule has 0 fully saturated rings. The summed E-state index contributed by atoms with van der Waals surface area (Å²) in [5.74, 6) is 0.0207. The highest BCUT2D eigenvalue weighted by atomic mass is 79.9. The average molecular weight is 308 g/mol. The number of nitrogens with two attached hydrogens (primary N) is 1. The third-order valence-electron chi connectivity index (χ3n) is 2.11. The van der Waals surface area contributed by atoms with Gasteiger partial charge >= 0.3 is 0 Å². The Morgan fingerprint density at radius 1 is 1.33 bits per heavy atom. The third kappa shape index (κ3) is 2.57. The zero-order chi connectivity index (χ0) is 13.1. The van der Waals surface area contributed by atoms with Gasteiger partial charge in [0.05, 0.1) is 10.2 Å². The summed E-state index contributed by atoms with van der Waals surface area (Å²) in [6.07, 6.45) is 0. The Morgan fingerprint density at radius 2 is 2.11 bits per heavy atom. The molecule has 2 aromatic rings. The Bertz CT molecular complexity index is 640. The van der Waals surface area contributed by atoms with E-state index < -0.39 is 5.82 Å². The van der Waals surface area contributed by atoms with Crippen LogP contribution in [0.4, 0.5) is 10.1 Å². The minimum Gasteiger partial charge on any atom is -0.438 e. The molecule has 6 heteroatoms. The third-order valence-corrected chi connectivity index (χ3v) is 2.77. The summed E-state index contributed by atoms with van der Waals surface area (Å²) in [7, 11) is 0. The largest absolute Gasteiger partial charge is 0.438 e. The van der Waals surface area contributed by atoms with Crippen LogP contribution in [0.25, 0.3) is 0 Å². The summed E-state index contributed by atoms with van der Waals surface area (Å²) in [6, 6.07) is 8.90. The fourth-order valence-corrected chi connectivity index (χ4v) is 1.59. The lowest BCUT2D eigenvalue weighted by Gasteiger charge is -2.07. The van der Waals surface area contributed by atoms with E-state index in [0.29, 0.717) is 4.47 Å². The van der Waals surface area contributed by atoms with E-state index in [-0.39, 0.29) is 23.0 Å². The average Bonchev–Trinajstić information content (AvgIpc) is 2.36. The molecular formula is C12H7BrFN3O. The van der Waals surface area contributed by atoms with Gasteiger partial charge in [0.1, 0.15) is 17.6 Å². The zero-order valence-corrected chi connectivity index (χ0v) is 10.6. The van der Waals surface area contributed by atoms with Crippen molar-refractivity contribution >= 4 is 21.6 Å². The van der Waals surface area contributed by atoms with E-state index in [2.05, 4.69) is 20.9 Å². The molecule has 0 amide bonds. The van der Waals surface area contributed by atoms with Gasteiger partial charge in [-0.25, -0.2) is 9.37 Å². The highest BCUT2D eigenvalue weighted by Crippen LogP contribution is 2.29. The van der Waals surface area contributed by atoms with Gasteiger partial charge in [0.25, 0.3) is 0 Å². The second kappa shape index (κ2) is 5.02. The van der Waals surface area contributed by atoms with Crippen LogP contribution < -0.4 is 10.5 Å². The first kappa shape index (κ1) is 12.3. The number of ether oxygens (including phenoxy) is 1. The predicted octanol–water partition coefficient (Wildman–Crippen LogP) is 3.23. The summed E-state index contributed by atoms with van der Waals surface area (Å²) in [4.78, 5) is 3.91. The van der Waals surface area contributed by atoms with Crippen LogP contribution >= 0.6 is 15.9 Å². The van der Waals surface area contributed by atoms with Gasteiger partial charge in [-0.05, 0) is 34.1 Å². The van der Waals surface area contributed by atoms with Gasteiger partial charge in [-0.2, -0.15) is 5.26 Å². The van der Waals surface area contributed by atoms with Gasteiger partial charge < -0.3 is 10.5 Å². The molecule has 0 saturated carbocycles. The Balaban J connectivity index is 2.34. The topological polar surface area (TPSA) is 71.9 Å². The molecule has 1 aromatic heterocycles. The molecule has 1 aromatic carbocycles. The van der Waals surface area contributed by atoms with Crippen molar-refractivity contribution in [3.05, 3.63) is 46.3 Å². The lowest BCUT2D eigenvalue weighted by Crippen LogP contribution is -1.96. The van der Waals surface area contributed by atoms with Crippen molar-refractivity contribution in [2.45, 2.75) is 0 Å². The lowest BCUT2D eigenvalue weighted by atomic mass is 10.3. The number of benzene rings is 1. The maximum atomic E-state index is 13.1. The molecule has 0 aliphatic rings. The number of nitrogen functional groups attached to an aromatic ring is 1. The predicted molar refractivity (Wildman–Crippen MR) is 67.5 cm³/mol. The molecule has 0 unspecified atom stereocenters. The van der Waals surface area contributed by atoms with Crippen LogP contribution in [0.3, 0.4) is 0 Å². The van der Waals surface area contributed by atoms with Crippen molar-refractivity contribution < 1.29 is 9.13 Å². The zero-order valence-electron chi connectivity index (χ0n) is 9.02. The van der Waals surface area contributed by atoms with Gasteiger partial charge in [-0.15, -0.1) is 0 Å². The fraction of sp³-hybridized carbons (Fsp3) is 0. The fourth-order valence-electron chi connectivity index (χ4n) is 1.27. The maximum Gasteiger partial charge on any atom is 0.220 e. The molecule has 18 heavy (non-hydrogen) atoms. The number of anilines is 1. The summed E-state index contributed by atoms with van der Waals surface area (Å²) in [5, 5.41) is 8.79. The number of hydrogen-bond donors (Lipinski definition) is 1. The van der Waals surface area contributed by atoms with Crippen LogP contribution in [-0.4, -0.2) is 4.98 Å². The number of aromatic nitrogens is 1. The maximum absolute atomic E-state index is 13.1. The summed E-state index contributed by atoms with van der Waals surface area (Å²) < 4.78 is 19.0. The van der Waals surface area contributed by atoms with Crippen LogP contribution in [0.2, 0.25) is 0 Å². The molecule has 0 atom stereocenters. The normalized spacial score (nSPS) is 9.83. The van der Waals surface area contributed by atoms with Crippen LogP contribution in [0.1, 0.15) is 5.69 Å². The molecule has 0 spiro atoms. The van der Waals surface area contributed by atoms with Crippen molar-refractivity contribution in [3.63, 3.8) is 0 Å². The van der Waals surface area contributed by atoms with Gasteiger partial charge in [0, 0.05) is 12.1 Å². The highest BCUT2D eigenvalue weighted by molar-refractivity contribution is 9.10. The Hall–Kier alpha value is -2.13. The Kier molecular flexibility index (Phi) is 3.44. The minimum atomic E-state index is -0.427. The summed E-state index contributed by atoms with van der Waals surface area (Å²) in [5.41, 5.74) is 5.87. The smallest absolute Gasteiger partial charge is 0.220 e. The molecule has 4 nitrogen and oxygen atoms in total. The molecule has 0 aliphatic heterocycles. The SMILES string of the molecule is N#Cc1nc(Oc2cc(F)ccc2Br)ccc1N. The quantitative estimate of drug-likeness (QED) is 0.924. The van der Waals surface area contributed by atoms with Crippen LogP contribution in [0.15, 0.2) is 34.8 Å². The number of nitrogens with zero attached hydrogens (tertiary/aromatic N) is 2. The van der Waals surface area contributed by atoms with Crippen molar-refractivity contribution in [1.82, 2.24) is 4.98 Å². The molecule has 0 bridgehead atoms. The molecule has 2 rings (SSSR count). The van der Waals surface area contributed by atoms with E-state index in [1.54, 1.807) is 0 Å². The van der Waals surface area contributed by atoms with Gasteiger partial charge in [-0.3, -0.25) is 0 Å². The Labute approximate surface area is 111 Å². The second-order valence-corrected chi connectivity index (χ2v) is 4.23. The van der Waals surface area contributed by atoms with Crippen LogP contribution in [-0.2, 0) is 0 Å². The van der Waals surface area contributed by atoms with E-state index in [4.69, 9.17) is 15.7 Å². The molecule has 2 N–H and O–H groups in total. The number of nitriles is 1. The molecule has 0 radical (unpaired) electrons. The van der Waals surface area contributed by atoms with E-state index in [1.165, 1.54) is 30.3 Å². The minimum absolute atomic E-state index is 0.0695. The van der Waals surface area contributed by atoms with Gasteiger partial charge in [-0.1, -0.05) is 0 Å². The van der Waals surface area contributed by atoms with Crippen molar-refractivity contribution in [2.75, 3.05) is 5.73 Å². The van der Waals surface area contributed by atoms with Crippen molar-refractivity contribution in [1.29, 1.82) is 5.26 Å². The van der Waals surface area contributed by atoms with Gasteiger partial charge in [0.15, 0.2) is 5.69 Å². The number of halogens is 2. The first-order chi connectivity index (χ1) is 8.60. The Morgan fingerprint density at radius 3 is 2.83 bits per heavy atom. The van der Waals surface area contributed by atoms with Crippen molar-refractivity contribution in [3.8, 4) is 17.7 Å². The number of pyridine rings is 1. The first-order valence-electron chi connectivity index (χ1n) is 4.89. The molecule has 90 valence electrons.